The zero-order chi connectivity index (χ0) is 23.1. The summed E-state index contributed by atoms with van der Waals surface area (Å²) in [7, 11) is -3.72. The molecule has 1 aromatic heterocycles. The molecule has 0 radical (unpaired) electrons. The highest BCUT2D eigenvalue weighted by atomic mass is 32.2. The highest BCUT2D eigenvalue weighted by molar-refractivity contribution is 7.98. The molecule has 0 unspecified atom stereocenters. The second-order valence-electron chi connectivity index (χ2n) is 7.27. The molecule has 1 aliphatic heterocycles. The summed E-state index contributed by atoms with van der Waals surface area (Å²) in [6.07, 6.45) is 3.70. The minimum atomic E-state index is -3.72. The fraction of sp³-hybridized carbons (Fsp3) is 0.429. The maximum absolute atomic E-state index is 13.1. The molecule has 2 N–H and O–H groups in total. The van der Waals surface area contributed by atoms with Gasteiger partial charge in [-0.15, -0.1) is 0 Å². The number of carbonyl (C=O) groups is 2. The first-order valence-corrected chi connectivity index (χ1v) is 13.0. The number of hydrogen-bond acceptors (Lipinski definition) is 7. The summed E-state index contributed by atoms with van der Waals surface area (Å²) in [4.78, 5) is 25.4. The van der Waals surface area contributed by atoms with E-state index in [9.17, 15) is 18.0 Å². The first kappa shape index (κ1) is 24.3. The minimum Gasteiger partial charge on any atom is -0.459 e. The van der Waals surface area contributed by atoms with Gasteiger partial charge in [-0.25, -0.2) is 8.42 Å². The van der Waals surface area contributed by atoms with Gasteiger partial charge in [0.1, 0.15) is 6.04 Å². The Morgan fingerprint density at radius 3 is 2.62 bits per heavy atom. The van der Waals surface area contributed by atoms with E-state index >= 15 is 0 Å². The van der Waals surface area contributed by atoms with Crippen molar-refractivity contribution in [2.75, 3.05) is 43.6 Å². The van der Waals surface area contributed by atoms with Gasteiger partial charge in [-0.2, -0.15) is 16.1 Å². The van der Waals surface area contributed by atoms with Crippen LogP contribution in [0, 0.1) is 6.92 Å². The summed E-state index contributed by atoms with van der Waals surface area (Å²) in [5, 5.41) is 5.43. The van der Waals surface area contributed by atoms with Crippen LogP contribution in [-0.2, 0) is 19.6 Å². The molecule has 1 aromatic carbocycles. The molecule has 11 heteroatoms. The molecule has 0 spiro atoms. The van der Waals surface area contributed by atoms with E-state index in [1.54, 1.807) is 36.9 Å². The van der Waals surface area contributed by atoms with Gasteiger partial charge in [0.15, 0.2) is 5.76 Å². The van der Waals surface area contributed by atoms with Crippen LogP contribution in [0.3, 0.4) is 0 Å². The molecule has 174 valence electrons. The number of thioether (sulfide) groups is 1. The lowest BCUT2D eigenvalue weighted by Gasteiger charge is -2.27. The normalized spacial score (nSPS) is 15.8. The monoisotopic (exact) mass is 481 g/mol. The van der Waals surface area contributed by atoms with Crippen molar-refractivity contribution in [1.29, 1.82) is 0 Å². The summed E-state index contributed by atoms with van der Waals surface area (Å²) in [5.41, 5.74) is 0.924. The number of nitrogens with one attached hydrogen (secondary N) is 2. The van der Waals surface area contributed by atoms with Gasteiger partial charge in [0.25, 0.3) is 5.91 Å². The van der Waals surface area contributed by atoms with Gasteiger partial charge in [0, 0.05) is 18.8 Å². The fourth-order valence-corrected chi connectivity index (χ4v) is 5.38. The largest absolute Gasteiger partial charge is 0.459 e. The molecule has 9 nitrogen and oxygen atoms in total. The van der Waals surface area contributed by atoms with Gasteiger partial charge in [0.05, 0.1) is 24.4 Å². The molecule has 2 aromatic rings. The Balaban J connectivity index is 1.77. The lowest BCUT2D eigenvalue weighted by Crippen LogP contribution is -2.44. The number of ether oxygens (including phenoxy) is 1. The van der Waals surface area contributed by atoms with Crippen molar-refractivity contribution < 1.29 is 27.2 Å². The zero-order valence-electron chi connectivity index (χ0n) is 18.0. The van der Waals surface area contributed by atoms with Crippen LogP contribution in [-0.4, -0.2) is 68.9 Å². The molecule has 32 heavy (non-hydrogen) atoms. The van der Waals surface area contributed by atoms with Crippen LogP contribution in [0.4, 0.5) is 5.69 Å². The van der Waals surface area contributed by atoms with Gasteiger partial charge in [0.2, 0.25) is 15.9 Å². The average molecular weight is 482 g/mol. The van der Waals surface area contributed by atoms with Crippen LogP contribution in [0.2, 0.25) is 0 Å². The molecule has 2 amide bonds. The summed E-state index contributed by atoms with van der Waals surface area (Å²) in [6.45, 7) is 2.98. The Morgan fingerprint density at radius 2 is 1.97 bits per heavy atom. The molecule has 1 atom stereocenters. The smallest absolute Gasteiger partial charge is 0.287 e. The van der Waals surface area contributed by atoms with E-state index in [4.69, 9.17) is 9.15 Å². The number of amides is 2. The molecule has 1 saturated heterocycles. The first-order chi connectivity index (χ1) is 15.3. The molecule has 3 rings (SSSR count). The van der Waals surface area contributed by atoms with Crippen molar-refractivity contribution in [3.05, 3.63) is 47.9 Å². The first-order valence-electron chi connectivity index (χ1n) is 10.2. The Bertz CT molecular complexity index is 1030. The maximum atomic E-state index is 13.1. The second kappa shape index (κ2) is 11.0. The van der Waals surface area contributed by atoms with E-state index in [1.807, 2.05) is 6.26 Å². The van der Waals surface area contributed by atoms with Crippen LogP contribution in [0.25, 0.3) is 0 Å². The number of benzene rings is 1. The van der Waals surface area contributed by atoms with Crippen LogP contribution >= 0.6 is 11.8 Å². The third-order valence-electron chi connectivity index (χ3n) is 5.02. The summed E-state index contributed by atoms with van der Waals surface area (Å²) < 4.78 is 37.9. The standard InChI is InChI=1S/C21H27N3O6S2/c1-15-5-6-16(14-19(15)32(27,28)24-8-11-29-12-9-24)22-20(25)17(7-13-31-2)23-21(26)18-4-3-10-30-18/h3-6,10,14,17H,7-9,11-13H2,1-2H3,(H,22,25)(H,23,26)/t17-/m0/s1. The second-order valence-corrected chi connectivity index (χ2v) is 10.2. The van der Waals surface area contributed by atoms with Crippen LogP contribution in [0.5, 0.6) is 0 Å². The van der Waals surface area contributed by atoms with Crippen LogP contribution in [0.15, 0.2) is 45.9 Å². The zero-order valence-corrected chi connectivity index (χ0v) is 19.6. The SMILES string of the molecule is CSCC[C@H](NC(=O)c1ccco1)C(=O)Nc1ccc(C)c(S(=O)(=O)N2CCOCC2)c1. The highest BCUT2D eigenvalue weighted by Gasteiger charge is 2.28. The van der Waals surface area contributed by atoms with E-state index in [0.717, 1.165) is 0 Å². The van der Waals surface area contributed by atoms with E-state index < -0.39 is 27.9 Å². The van der Waals surface area contributed by atoms with E-state index in [-0.39, 0.29) is 23.7 Å². The van der Waals surface area contributed by atoms with Crippen LogP contribution < -0.4 is 10.6 Å². The number of morpholine rings is 1. The Hall–Kier alpha value is -2.34. The average Bonchev–Trinajstić information content (AvgIpc) is 3.33. The number of sulfonamides is 1. The fourth-order valence-electron chi connectivity index (χ4n) is 3.25. The third-order valence-corrected chi connectivity index (χ3v) is 7.71. The topological polar surface area (TPSA) is 118 Å². The van der Waals surface area contributed by atoms with Crippen LogP contribution in [0.1, 0.15) is 22.5 Å². The van der Waals surface area contributed by atoms with Gasteiger partial charge in [-0.1, -0.05) is 6.07 Å². The lowest BCUT2D eigenvalue weighted by atomic mass is 10.1. The Morgan fingerprint density at radius 1 is 1.22 bits per heavy atom. The van der Waals surface area contributed by atoms with Gasteiger partial charge in [-0.3, -0.25) is 9.59 Å². The minimum absolute atomic E-state index is 0.112. The number of rotatable bonds is 9. The lowest BCUT2D eigenvalue weighted by molar-refractivity contribution is -0.118. The van der Waals surface area contributed by atoms with Crippen molar-refractivity contribution in [3.8, 4) is 0 Å². The van der Waals surface area contributed by atoms with Crippen molar-refractivity contribution in [2.45, 2.75) is 24.3 Å². The van der Waals surface area contributed by atoms with Crippen molar-refractivity contribution >= 4 is 39.3 Å². The predicted octanol–water partition coefficient (Wildman–Crippen LogP) is 2.10. The highest BCUT2D eigenvalue weighted by Crippen LogP contribution is 2.24. The van der Waals surface area contributed by atoms with Gasteiger partial charge < -0.3 is 19.8 Å². The number of aryl methyl sites for hydroxylation is 1. The van der Waals surface area contributed by atoms with Crippen molar-refractivity contribution in [1.82, 2.24) is 9.62 Å². The number of anilines is 1. The van der Waals surface area contributed by atoms with Crippen molar-refractivity contribution in [2.24, 2.45) is 0 Å². The van der Waals surface area contributed by atoms with E-state index in [2.05, 4.69) is 10.6 Å². The number of furan rings is 1. The number of carbonyl (C=O) groups excluding carboxylic acids is 2. The molecule has 1 aliphatic rings. The summed E-state index contributed by atoms with van der Waals surface area (Å²) in [5.74, 6) is -0.157. The third kappa shape index (κ3) is 5.91. The molecule has 1 fully saturated rings. The molecule has 0 aliphatic carbocycles. The van der Waals surface area contributed by atoms with Gasteiger partial charge >= 0.3 is 0 Å². The Labute approximate surface area is 191 Å². The summed E-state index contributed by atoms with van der Waals surface area (Å²) >= 11 is 1.55. The quantitative estimate of drug-likeness (QED) is 0.563. The number of hydrogen-bond donors (Lipinski definition) is 2. The van der Waals surface area contributed by atoms with Gasteiger partial charge in [-0.05, 0) is 55.2 Å². The molecule has 0 saturated carbocycles. The van der Waals surface area contributed by atoms with Crippen molar-refractivity contribution in [3.63, 3.8) is 0 Å². The molecule has 2 heterocycles. The Kier molecular flexibility index (Phi) is 8.35. The van der Waals surface area contributed by atoms with E-state index in [0.29, 0.717) is 36.6 Å². The summed E-state index contributed by atoms with van der Waals surface area (Å²) in [6, 6.07) is 7.06. The molecule has 0 bridgehead atoms. The number of nitrogens with zero attached hydrogens (tertiary/aromatic N) is 1. The predicted molar refractivity (Wildman–Crippen MR) is 122 cm³/mol. The van der Waals surface area contributed by atoms with E-state index in [1.165, 1.54) is 22.7 Å². The molecular weight excluding hydrogens is 454 g/mol. The maximum Gasteiger partial charge on any atom is 0.287 e. The molecular formula is C21H27N3O6S2.